The van der Waals surface area contributed by atoms with Gasteiger partial charge in [-0.25, -0.2) is 4.39 Å². The molecule has 0 heterocycles. The normalized spacial score (nSPS) is 12.2. The van der Waals surface area contributed by atoms with Crippen LogP contribution in [0.3, 0.4) is 0 Å². The van der Waals surface area contributed by atoms with Crippen molar-refractivity contribution in [2.75, 3.05) is 26.8 Å². The van der Waals surface area contributed by atoms with Crippen LogP contribution in [0.25, 0.3) is 0 Å². The molecule has 0 bridgehead atoms. The molecule has 5 heteroatoms. The minimum absolute atomic E-state index is 0.0972. The molecule has 0 amide bonds. The lowest BCUT2D eigenvalue weighted by Gasteiger charge is -2.26. The zero-order valence-corrected chi connectivity index (χ0v) is 12.8. The van der Waals surface area contributed by atoms with Gasteiger partial charge in [0.05, 0.1) is 13.2 Å². The van der Waals surface area contributed by atoms with Crippen LogP contribution in [0.4, 0.5) is 4.39 Å². The maximum absolute atomic E-state index is 13.3. The lowest BCUT2D eigenvalue weighted by Crippen LogP contribution is -2.41. The fourth-order valence-electron chi connectivity index (χ4n) is 2.16. The summed E-state index contributed by atoms with van der Waals surface area (Å²) in [5.74, 6) is -0.298. The molecule has 0 unspecified atom stereocenters. The first kappa shape index (κ1) is 17.6. The van der Waals surface area contributed by atoms with E-state index in [1.165, 1.54) is 12.1 Å². The lowest BCUT2D eigenvalue weighted by molar-refractivity contribution is 0.150. The molecule has 0 saturated heterocycles. The molecule has 4 nitrogen and oxygen atoms in total. The molecule has 0 aromatic heterocycles. The minimum Gasteiger partial charge on any atom is -0.392 e. The summed E-state index contributed by atoms with van der Waals surface area (Å²) in [5, 5.41) is 12.6. The number of hydrogen-bond donors (Lipinski definition) is 2. The average Bonchev–Trinajstić information content (AvgIpc) is 2.50. The highest BCUT2D eigenvalue weighted by Crippen LogP contribution is 2.11. The summed E-state index contributed by atoms with van der Waals surface area (Å²) in [6, 6.07) is 4.52. The molecular weight excluding hydrogens is 271 g/mol. The second-order valence-electron chi connectivity index (χ2n) is 4.87. The van der Waals surface area contributed by atoms with Gasteiger partial charge in [-0.3, -0.25) is 0 Å². The van der Waals surface area contributed by atoms with Crippen molar-refractivity contribution in [1.82, 2.24) is 10.2 Å². The Labute approximate surface area is 126 Å². The van der Waals surface area contributed by atoms with Crippen LogP contribution >= 0.6 is 0 Å². The van der Waals surface area contributed by atoms with Crippen LogP contribution in [0.5, 0.6) is 0 Å². The standard InChI is InChI=1S/C16H25FN2O2/c1-4-19(5-2)10-16(12-21-3)18-9-14-8-15(17)7-6-13(14)11-20/h4,6-8,16,18,20H,1,5,9-12H2,2-3H3/t16-/m1/s1. The van der Waals surface area contributed by atoms with E-state index in [1.54, 1.807) is 19.4 Å². The maximum atomic E-state index is 13.3. The molecule has 118 valence electrons. The van der Waals surface area contributed by atoms with Crippen molar-refractivity contribution in [2.24, 2.45) is 0 Å². The van der Waals surface area contributed by atoms with Crippen molar-refractivity contribution in [3.05, 3.63) is 47.9 Å². The molecular formula is C16H25FN2O2. The highest BCUT2D eigenvalue weighted by molar-refractivity contribution is 5.27. The molecule has 0 aliphatic carbocycles. The lowest BCUT2D eigenvalue weighted by atomic mass is 10.1. The van der Waals surface area contributed by atoms with Crippen LogP contribution in [-0.4, -0.2) is 42.9 Å². The number of aliphatic hydroxyl groups excluding tert-OH is 1. The minimum atomic E-state index is -0.298. The van der Waals surface area contributed by atoms with Gasteiger partial charge in [-0.15, -0.1) is 0 Å². The Morgan fingerprint density at radius 3 is 2.81 bits per heavy atom. The van der Waals surface area contributed by atoms with Gasteiger partial charge in [0.15, 0.2) is 0 Å². The van der Waals surface area contributed by atoms with Gasteiger partial charge in [0.2, 0.25) is 0 Å². The van der Waals surface area contributed by atoms with Crippen LogP contribution in [0.2, 0.25) is 0 Å². The fourth-order valence-corrected chi connectivity index (χ4v) is 2.16. The summed E-state index contributed by atoms with van der Waals surface area (Å²) < 4.78 is 18.5. The SMILES string of the molecule is C=CN(CC)C[C@H](COC)NCc1cc(F)ccc1CO. The molecule has 0 aliphatic heterocycles. The van der Waals surface area contributed by atoms with Gasteiger partial charge in [-0.05, 0) is 36.4 Å². The highest BCUT2D eigenvalue weighted by atomic mass is 19.1. The van der Waals surface area contributed by atoms with Crippen molar-refractivity contribution in [3.8, 4) is 0 Å². The van der Waals surface area contributed by atoms with Gasteiger partial charge >= 0.3 is 0 Å². The largest absolute Gasteiger partial charge is 0.392 e. The van der Waals surface area contributed by atoms with Crippen molar-refractivity contribution in [2.45, 2.75) is 26.1 Å². The van der Waals surface area contributed by atoms with E-state index in [2.05, 4.69) is 23.7 Å². The Morgan fingerprint density at radius 2 is 2.24 bits per heavy atom. The van der Waals surface area contributed by atoms with Crippen LogP contribution in [0.15, 0.2) is 31.0 Å². The number of nitrogens with zero attached hydrogens (tertiary/aromatic N) is 1. The quantitative estimate of drug-likeness (QED) is 0.692. The summed E-state index contributed by atoms with van der Waals surface area (Å²) in [4.78, 5) is 2.08. The second-order valence-corrected chi connectivity index (χ2v) is 4.87. The molecule has 1 atom stereocenters. The molecule has 1 rings (SSSR count). The van der Waals surface area contributed by atoms with Gasteiger partial charge in [0.1, 0.15) is 5.82 Å². The van der Waals surface area contributed by atoms with Crippen molar-refractivity contribution in [3.63, 3.8) is 0 Å². The first-order valence-corrected chi connectivity index (χ1v) is 7.11. The van der Waals surface area contributed by atoms with E-state index in [0.29, 0.717) is 13.2 Å². The summed E-state index contributed by atoms with van der Waals surface area (Å²) in [6.45, 7) is 8.40. The molecule has 1 aromatic carbocycles. The van der Waals surface area contributed by atoms with Gasteiger partial charge in [-0.2, -0.15) is 0 Å². The van der Waals surface area contributed by atoms with E-state index < -0.39 is 0 Å². The molecule has 2 N–H and O–H groups in total. The Balaban J connectivity index is 2.68. The molecule has 0 fully saturated rings. The second kappa shape index (κ2) is 9.50. The number of rotatable bonds is 10. The maximum Gasteiger partial charge on any atom is 0.123 e. The Bertz CT molecular complexity index is 440. The Hall–Kier alpha value is -1.43. The van der Waals surface area contributed by atoms with E-state index in [-0.39, 0.29) is 18.5 Å². The van der Waals surface area contributed by atoms with E-state index in [9.17, 15) is 9.50 Å². The number of ether oxygens (including phenoxy) is 1. The predicted octanol–water partition coefficient (Wildman–Crippen LogP) is 1.89. The van der Waals surface area contributed by atoms with Crippen molar-refractivity contribution < 1.29 is 14.2 Å². The molecule has 0 radical (unpaired) electrons. The average molecular weight is 296 g/mol. The summed E-state index contributed by atoms with van der Waals surface area (Å²) >= 11 is 0. The van der Waals surface area contributed by atoms with Gasteiger partial charge in [0, 0.05) is 32.8 Å². The molecule has 21 heavy (non-hydrogen) atoms. The molecule has 0 spiro atoms. The zero-order valence-electron chi connectivity index (χ0n) is 12.8. The first-order valence-electron chi connectivity index (χ1n) is 7.11. The summed E-state index contributed by atoms with van der Waals surface area (Å²) in [6.07, 6.45) is 1.80. The number of hydrogen-bond acceptors (Lipinski definition) is 4. The number of benzene rings is 1. The summed E-state index contributed by atoms with van der Waals surface area (Å²) in [5.41, 5.74) is 1.50. The monoisotopic (exact) mass is 296 g/mol. The third-order valence-corrected chi connectivity index (χ3v) is 3.41. The van der Waals surface area contributed by atoms with Crippen molar-refractivity contribution >= 4 is 0 Å². The summed E-state index contributed by atoms with van der Waals surface area (Å²) in [7, 11) is 1.65. The van der Waals surface area contributed by atoms with E-state index in [1.807, 2.05) is 0 Å². The highest BCUT2D eigenvalue weighted by Gasteiger charge is 2.12. The first-order chi connectivity index (χ1) is 10.1. The zero-order chi connectivity index (χ0) is 15.7. The van der Waals surface area contributed by atoms with Gasteiger partial charge < -0.3 is 20.1 Å². The number of aliphatic hydroxyl groups is 1. The smallest absolute Gasteiger partial charge is 0.123 e. The van der Waals surface area contributed by atoms with Crippen LogP contribution in [0, 0.1) is 5.82 Å². The molecule has 0 saturated carbocycles. The number of nitrogens with one attached hydrogen (secondary N) is 1. The van der Waals surface area contributed by atoms with Crippen molar-refractivity contribution in [1.29, 1.82) is 0 Å². The van der Waals surface area contributed by atoms with Crippen LogP contribution < -0.4 is 5.32 Å². The third kappa shape index (κ3) is 5.83. The van der Waals surface area contributed by atoms with E-state index in [4.69, 9.17) is 4.74 Å². The number of methoxy groups -OCH3 is 1. The van der Waals surface area contributed by atoms with E-state index in [0.717, 1.165) is 24.2 Å². The molecule has 1 aromatic rings. The Morgan fingerprint density at radius 1 is 1.48 bits per heavy atom. The predicted molar refractivity (Wildman–Crippen MR) is 82.3 cm³/mol. The van der Waals surface area contributed by atoms with Crippen LogP contribution in [0.1, 0.15) is 18.1 Å². The third-order valence-electron chi connectivity index (χ3n) is 3.41. The Kier molecular flexibility index (Phi) is 7.97. The molecule has 0 aliphatic rings. The van der Waals surface area contributed by atoms with E-state index >= 15 is 0 Å². The van der Waals surface area contributed by atoms with Gasteiger partial charge in [-0.1, -0.05) is 12.6 Å². The topological polar surface area (TPSA) is 44.7 Å². The van der Waals surface area contributed by atoms with Gasteiger partial charge in [0.25, 0.3) is 0 Å². The number of likely N-dealkylation sites (N-methyl/N-ethyl adjacent to an activating group) is 1. The fraction of sp³-hybridized carbons (Fsp3) is 0.500. The number of halogens is 1. The van der Waals surface area contributed by atoms with Crippen LogP contribution in [-0.2, 0) is 17.9 Å².